The van der Waals surface area contributed by atoms with E-state index in [-0.39, 0.29) is 52.9 Å². The molecule has 0 aliphatic heterocycles. The highest BCUT2D eigenvalue weighted by molar-refractivity contribution is 5.72. The molecule has 0 saturated heterocycles. The van der Waals surface area contributed by atoms with Gasteiger partial charge in [0.2, 0.25) is 0 Å². The third-order valence-corrected chi connectivity index (χ3v) is 15.3. The largest absolute Gasteiger partial charge is 0.482 e. The lowest BCUT2D eigenvalue weighted by Gasteiger charge is -2.33. The van der Waals surface area contributed by atoms with Crippen molar-refractivity contribution in [2.45, 2.75) is 90.9 Å². The number of benzene rings is 4. The molecule has 0 fully saturated rings. The van der Waals surface area contributed by atoms with Crippen LogP contribution >= 0.6 is 0 Å². The van der Waals surface area contributed by atoms with Crippen LogP contribution in [0, 0.1) is 6.92 Å². The van der Waals surface area contributed by atoms with Gasteiger partial charge < -0.3 is 57.8 Å². The molecule has 430 valence electrons. The maximum atomic E-state index is 12.3. The number of hydrogen-bond acceptors (Lipinski definition) is 12. The van der Waals surface area contributed by atoms with Crippen LogP contribution in [-0.2, 0) is 59.8 Å². The maximum Gasteiger partial charge on any atom is 0.344 e. The zero-order valence-electron chi connectivity index (χ0n) is 48.4. The molecule has 4 aromatic carbocycles. The fourth-order valence-corrected chi connectivity index (χ4v) is 10.3. The van der Waals surface area contributed by atoms with E-state index in [4.69, 9.17) is 37.9 Å². The molecule has 0 bridgehead atoms. The highest BCUT2D eigenvalue weighted by Gasteiger charge is 2.42. The minimum Gasteiger partial charge on any atom is -0.482 e. The van der Waals surface area contributed by atoms with Crippen molar-refractivity contribution in [3.05, 3.63) is 213 Å². The molecule has 0 saturated carbocycles. The van der Waals surface area contributed by atoms with Crippen molar-refractivity contribution in [3.8, 4) is 23.0 Å². The Morgan fingerprint density at radius 3 is 0.805 bits per heavy atom. The number of carbonyl (C=O) groups is 4. The van der Waals surface area contributed by atoms with E-state index in [2.05, 4.69) is 103 Å². The van der Waals surface area contributed by atoms with Gasteiger partial charge in [0.15, 0.2) is 26.4 Å². The highest BCUT2D eigenvalue weighted by atomic mass is 16.6. The fourth-order valence-electron chi connectivity index (χ4n) is 10.3. The second-order valence-corrected chi connectivity index (χ2v) is 20.9. The number of aryl methyl sites for hydroxylation is 1. The van der Waals surface area contributed by atoms with Crippen molar-refractivity contribution < 1.29 is 57.1 Å². The first-order chi connectivity index (χ1) is 39.4. The number of nitrogens with one attached hydrogen (secondary N) is 4. The summed E-state index contributed by atoms with van der Waals surface area (Å²) in [6.45, 7) is 20.1. The number of ether oxygens (including phenoxy) is 8. The Morgan fingerprint density at radius 1 is 0.317 bits per heavy atom. The molecule has 0 amide bonds. The van der Waals surface area contributed by atoms with Crippen molar-refractivity contribution in [2.75, 3.05) is 52.9 Å². The minimum atomic E-state index is -0.881. The van der Waals surface area contributed by atoms with Gasteiger partial charge in [-0.05, 0) is 175 Å². The van der Waals surface area contributed by atoms with Crippen molar-refractivity contribution >= 4 is 23.9 Å². The topological polar surface area (TPSA) is 205 Å². The molecule has 8 rings (SSSR count). The molecule has 82 heavy (non-hydrogen) atoms. The van der Waals surface area contributed by atoms with Crippen LogP contribution in [0.3, 0.4) is 0 Å². The van der Waals surface area contributed by atoms with Gasteiger partial charge in [-0.25, -0.2) is 19.2 Å². The van der Waals surface area contributed by atoms with Crippen molar-refractivity contribution in [1.29, 1.82) is 0 Å². The molecule has 4 N–H and O–H groups in total. The number of aromatic amines is 4. The Kier molecular flexibility index (Phi) is 18.5. The first-order valence-electron chi connectivity index (χ1n) is 27.7. The highest BCUT2D eigenvalue weighted by Crippen LogP contribution is 2.46. The summed E-state index contributed by atoms with van der Waals surface area (Å²) in [5, 5.41) is 0. The Morgan fingerprint density at radius 2 is 0.549 bits per heavy atom. The second kappa shape index (κ2) is 25.7. The summed E-state index contributed by atoms with van der Waals surface area (Å²) < 4.78 is 43.7. The quantitative estimate of drug-likeness (QED) is 0.0280. The monoisotopic (exact) mass is 1110 g/mol. The first kappa shape index (κ1) is 59.2. The number of rotatable bonds is 27. The molecular formula is C66H74N4O12. The van der Waals surface area contributed by atoms with Crippen LogP contribution in [0.25, 0.3) is 0 Å². The summed E-state index contributed by atoms with van der Waals surface area (Å²) in [5.41, 5.74) is 8.24. The predicted octanol–water partition coefficient (Wildman–Crippen LogP) is 11.5. The standard InChI is InChI=1S/C66H74N4O12/c1-11-75-59(71)39-79-48-24-16-44(17-25-48)63(6,7)52-33-34-54(68-52)65(9,46-20-28-50(29-21-46)81-41-61(73)77-13-3)56-37-38-58(70-56)66(10,47-22-30-51(31-23-47)82-42-62(74)78-14-4)57-36-35-55(69-57)64(8,53-32-15-43(5)67-53)45-18-26-49(27-19-45)80-40-60(72)76-12-2/h15-38,67-70H,11-14,39-42H2,1-10H3. The Bertz CT molecular complexity index is 3420. The van der Waals surface area contributed by atoms with Gasteiger partial charge in [0, 0.05) is 51.0 Å². The summed E-state index contributed by atoms with van der Waals surface area (Å²) in [5.74, 6) is 0.332. The molecule has 0 aliphatic rings. The molecule has 16 nitrogen and oxygen atoms in total. The van der Waals surface area contributed by atoms with E-state index in [1.165, 1.54) is 0 Å². The summed E-state index contributed by atoms with van der Waals surface area (Å²) in [6, 6.07) is 47.8. The fraction of sp³-hybridized carbons (Fsp3) is 0.333. The molecule has 0 aliphatic carbocycles. The van der Waals surface area contributed by atoms with Crippen LogP contribution < -0.4 is 18.9 Å². The Hall–Kier alpha value is -8.92. The van der Waals surface area contributed by atoms with Gasteiger partial charge in [-0.15, -0.1) is 0 Å². The minimum absolute atomic E-state index is 0.180. The van der Waals surface area contributed by atoms with Gasteiger partial charge in [-0.3, -0.25) is 0 Å². The molecule has 3 unspecified atom stereocenters. The second-order valence-electron chi connectivity index (χ2n) is 20.9. The summed E-state index contributed by atoms with van der Waals surface area (Å²) in [6.07, 6.45) is 0. The van der Waals surface area contributed by atoms with Crippen LogP contribution in [0.1, 0.15) is 130 Å². The van der Waals surface area contributed by atoms with Crippen LogP contribution in [0.4, 0.5) is 0 Å². The molecule has 16 heteroatoms. The van der Waals surface area contributed by atoms with Crippen molar-refractivity contribution in [1.82, 2.24) is 19.9 Å². The van der Waals surface area contributed by atoms with Crippen LogP contribution in [0.15, 0.2) is 146 Å². The van der Waals surface area contributed by atoms with E-state index < -0.39 is 45.5 Å². The van der Waals surface area contributed by atoms with Crippen LogP contribution in [0.5, 0.6) is 23.0 Å². The first-order valence-corrected chi connectivity index (χ1v) is 27.7. The predicted molar refractivity (Wildman–Crippen MR) is 311 cm³/mol. The van der Waals surface area contributed by atoms with E-state index >= 15 is 0 Å². The normalized spacial score (nSPS) is 13.6. The lowest BCUT2D eigenvalue weighted by atomic mass is 9.76. The van der Waals surface area contributed by atoms with Gasteiger partial charge in [0.1, 0.15) is 23.0 Å². The van der Waals surface area contributed by atoms with Gasteiger partial charge in [0.05, 0.1) is 42.7 Å². The molecule has 4 aromatic heterocycles. The van der Waals surface area contributed by atoms with Crippen molar-refractivity contribution in [3.63, 3.8) is 0 Å². The zero-order chi connectivity index (χ0) is 58.7. The van der Waals surface area contributed by atoms with Crippen LogP contribution in [0.2, 0.25) is 0 Å². The number of esters is 4. The SMILES string of the molecule is CCOC(=O)COc1ccc(C(C)(C)c2ccc(C(C)(c3ccc(OCC(=O)OCC)cc3)c3ccc(C(C)(c4ccc(OCC(=O)OCC)cc4)c4ccc(C(C)(c5ccc(OCC(=O)OCC)cc5)c5ccc(C)[nH]5)[nH]4)[nH]3)[nH]2)cc1. The molecule has 8 aromatic rings. The van der Waals surface area contributed by atoms with Crippen LogP contribution in [-0.4, -0.2) is 96.7 Å². The van der Waals surface area contributed by atoms with E-state index in [0.717, 1.165) is 67.8 Å². The third-order valence-electron chi connectivity index (χ3n) is 15.3. The Balaban J connectivity index is 1.22. The van der Waals surface area contributed by atoms with Crippen molar-refractivity contribution in [2.24, 2.45) is 0 Å². The number of carbonyl (C=O) groups excluding carboxylic acids is 4. The van der Waals surface area contributed by atoms with Gasteiger partial charge in [-0.1, -0.05) is 62.4 Å². The molecule has 0 radical (unpaired) electrons. The number of H-pyrrole nitrogens is 4. The number of hydrogen-bond donors (Lipinski definition) is 4. The van der Waals surface area contributed by atoms with E-state index in [9.17, 15) is 19.2 Å². The lowest BCUT2D eigenvalue weighted by Crippen LogP contribution is -2.30. The average molecular weight is 1120 g/mol. The molecule has 3 atom stereocenters. The molecule has 0 spiro atoms. The maximum absolute atomic E-state index is 12.3. The summed E-state index contributed by atoms with van der Waals surface area (Å²) in [4.78, 5) is 64.2. The summed E-state index contributed by atoms with van der Waals surface area (Å²) >= 11 is 0. The molecular weight excluding hydrogens is 1040 g/mol. The van der Waals surface area contributed by atoms with E-state index in [1.54, 1.807) is 27.7 Å². The Labute approximate surface area is 479 Å². The number of aromatic nitrogens is 4. The summed E-state index contributed by atoms with van der Waals surface area (Å²) in [7, 11) is 0. The smallest absolute Gasteiger partial charge is 0.344 e. The zero-order valence-corrected chi connectivity index (χ0v) is 48.4. The third kappa shape index (κ3) is 12.8. The van der Waals surface area contributed by atoms with Gasteiger partial charge in [0.25, 0.3) is 0 Å². The molecule has 4 heterocycles. The van der Waals surface area contributed by atoms with E-state index in [1.807, 2.05) is 104 Å². The van der Waals surface area contributed by atoms with Gasteiger partial charge in [-0.2, -0.15) is 0 Å². The van der Waals surface area contributed by atoms with Gasteiger partial charge >= 0.3 is 23.9 Å². The van der Waals surface area contributed by atoms with E-state index in [0.29, 0.717) is 23.0 Å². The average Bonchev–Trinajstić information content (AvgIpc) is 2.69. The lowest BCUT2D eigenvalue weighted by molar-refractivity contribution is -0.146.